The van der Waals surface area contributed by atoms with Crippen molar-refractivity contribution < 1.29 is 4.39 Å². The van der Waals surface area contributed by atoms with E-state index in [1.807, 2.05) is 19.9 Å². The molecule has 0 aliphatic heterocycles. The molecular weight excluding hydrogens is 179 g/mol. The first-order valence-corrected chi connectivity index (χ1v) is 4.52. The van der Waals surface area contributed by atoms with Gasteiger partial charge in [-0.2, -0.15) is 0 Å². The predicted molar refractivity (Wildman–Crippen MR) is 58.7 cm³/mol. The first kappa shape index (κ1) is 10.6. The van der Waals surface area contributed by atoms with Crippen LogP contribution >= 0.6 is 0 Å². The van der Waals surface area contributed by atoms with Crippen molar-refractivity contribution in [3.63, 3.8) is 0 Å². The second-order valence-corrected chi connectivity index (χ2v) is 3.39. The minimum Gasteiger partial charge on any atom is -0.397 e. The number of hydrogen-bond donors (Lipinski definition) is 2. The summed E-state index contributed by atoms with van der Waals surface area (Å²) in [6, 6.07) is 4.34. The average molecular weight is 194 g/mol. The van der Waals surface area contributed by atoms with Crippen LogP contribution in [0.2, 0.25) is 0 Å². The minimum absolute atomic E-state index is 0.310. The van der Waals surface area contributed by atoms with E-state index in [1.165, 1.54) is 17.7 Å². The molecule has 0 aliphatic carbocycles. The molecule has 1 aromatic rings. The van der Waals surface area contributed by atoms with Gasteiger partial charge in [-0.25, -0.2) is 4.39 Å². The molecule has 0 saturated heterocycles. The van der Waals surface area contributed by atoms with Crippen molar-refractivity contribution in [3.05, 3.63) is 35.7 Å². The summed E-state index contributed by atoms with van der Waals surface area (Å²) in [7, 11) is 0. The highest BCUT2D eigenvalue weighted by molar-refractivity contribution is 5.66. The quantitative estimate of drug-likeness (QED) is 0.573. The molecule has 0 atom stereocenters. The largest absolute Gasteiger partial charge is 0.397 e. The zero-order valence-electron chi connectivity index (χ0n) is 8.47. The van der Waals surface area contributed by atoms with Crippen LogP contribution in [0.3, 0.4) is 0 Å². The maximum atomic E-state index is 12.7. The molecule has 1 aromatic carbocycles. The molecule has 0 aliphatic rings. The van der Waals surface area contributed by atoms with Gasteiger partial charge in [0, 0.05) is 6.54 Å². The summed E-state index contributed by atoms with van der Waals surface area (Å²) in [4.78, 5) is 0. The van der Waals surface area contributed by atoms with Crippen molar-refractivity contribution in [1.29, 1.82) is 0 Å². The summed E-state index contributed by atoms with van der Waals surface area (Å²) in [6.45, 7) is 4.75. The van der Waals surface area contributed by atoms with Crippen LogP contribution in [0, 0.1) is 5.82 Å². The highest BCUT2D eigenvalue weighted by atomic mass is 19.1. The summed E-state index contributed by atoms with van der Waals surface area (Å²) in [5.41, 5.74) is 8.05. The van der Waals surface area contributed by atoms with E-state index in [9.17, 15) is 4.39 Å². The molecule has 14 heavy (non-hydrogen) atoms. The maximum absolute atomic E-state index is 12.7. The number of allylic oxidation sites excluding steroid dienone is 1. The molecule has 3 N–H and O–H groups in total. The zero-order valence-corrected chi connectivity index (χ0v) is 8.47. The van der Waals surface area contributed by atoms with Gasteiger partial charge in [0.25, 0.3) is 0 Å². The van der Waals surface area contributed by atoms with Crippen molar-refractivity contribution in [2.45, 2.75) is 13.8 Å². The van der Waals surface area contributed by atoms with Gasteiger partial charge in [-0.1, -0.05) is 11.6 Å². The molecule has 0 heterocycles. The summed E-state index contributed by atoms with van der Waals surface area (Å²) in [5, 5.41) is 3.10. The number of hydrogen-bond acceptors (Lipinski definition) is 2. The zero-order chi connectivity index (χ0) is 10.6. The van der Waals surface area contributed by atoms with Crippen molar-refractivity contribution >= 4 is 11.4 Å². The highest BCUT2D eigenvalue weighted by Crippen LogP contribution is 2.18. The Morgan fingerprint density at radius 3 is 2.79 bits per heavy atom. The van der Waals surface area contributed by atoms with Gasteiger partial charge in [0.1, 0.15) is 5.82 Å². The van der Waals surface area contributed by atoms with Gasteiger partial charge < -0.3 is 11.1 Å². The molecule has 0 amide bonds. The average Bonchev–Trinajstić information content (AvgIpc) is 2.08. The van der Waals surface area contributed by atoms with Crippen molar-refractivity contribution in [2.24, 2.45) is 0 Å². The van der Waals surface area contributed by atoms with Crippen LogP contribution in [0.5, 0.6) is 0 Å². The third kappa shape index (κ3) is 3.09. The molecule has 3 heteroatoms. The third-order valence-corrected chi connectivity index (χ3v) is 1.82. The fourth-order valence-electron chi connectivity index (χ4n) is 1.06. The fraction of sp³-hybridized carbons (Fsp3) is 0.273. The van der Waals surface area contributed by atoms with E-state index in [0.717, 1.165) is 5.69 Å². The van der Waals surface area contributed by atoms with Gasteiger partial charge in [0.15, 0.2) is 0 Å². The van der Waals surface area contributed by atoms with Crippen LogP contribution in [-0.2, 0) is 0 Å². The summed E-state index contributed by atoms with van der Waals surface area (Å²) in [6.07, 6.45) is 2.04. The van der Waals surface area contributed by atoms with Gasteiger partial charge in [-0.3, -0.25) is 0 Å². The lowest BCUT2D eigenvalue weighted by Crippen LogP contribution is -2.02. The van der Waals surface area contributed by atoms with Crippen LogP contribution in [0.25, 0.3) is 0 Å². The first-order valence-electron chi connectivity index (χ1n) is 4.52. The summed E-state index contributed by atoms with van der Waals surface area (Å²) >= 11 is 0. The number of nitrogen functional groups attached to an aromatic ring is 1. The number of halogens is 1. The minimum atomic E-state index is -0.310. The van der Waals surface area contributed by atoms with Gasteiger partial charge >= 0.3 is 0 Å². The van der Waals surface area contributed by atoms with Crippen LogP contribution in [0.1, 0.15) is 13.8 Å². The van der Waals surface area contributed by atoms with Gasteiger partial charge in [-0.05, 0) is 32.0 Å². The Labute approximate surface area is 83.6 Å². The van der Waals surface area contributed by atoms with E-state index in [4.69, 9.17) is 5.73 Å². The Balaban J connectivity index is 2.64. The predicted octanol–water partition coefficient (Wildman–Crippen LogP) is 2.79. The van der Waals surface area contributed by atoms with E-state index >= 15 is 0 Å². The van der Waals surface area contributed by atoms with E-state index < -0.39 is 0 Å². The van der Waals surface area contributed by atoms with Crippen LogP contribution < -0.4 is 11.1 Å². The number of nitrogens with one attached hydrogen (secondary N) is 1. The molecule has 0 radical (unpaired) electrons. The van der Waals surface area contributed by atoms with Gasteiger partial charge in [0.05, 0.1) is 11.4 Å². The SMILES string of the molecule is CC(C)=CCNc1ccc(F)cc1N. The Morgan fingerprint density at radius 1 is 1.50 bits per heavy atom. The molecule has 0 saturated carbocycles. The molecular formula is C11H15FN2. The topological polar surface area (TPSA) is 38.0 Å². The lowest BCUT2D eigenvalue weighted by Gasteiger charge is -2.06. The molecule has 76 valence electrons. The molecule has 2 nitrogen and oxygen atoms in total. The molecule has 0 aromatic heterocycles. The second-order valence-electron chi connectivity index (χ2n) is 3.39. The number of anilines is 2. The molecule has 0 unspecified atom stereocenters. The van der Waals surface area contributed by atoms with Crippen LogP contribution in [0.4, 0.5) is 15.8 Å². The lowest BCUT2D eigenvalue weighted by molar-refractivity contribution is 0.628. The monoisotopic (exact) mass is 194 g/mol. The van der Waals surface area contributed by atoms with Crippen LogP contribution in [-0.4, -0.2) is 6.54 Å². The molecule has 0 fully saturated rings. The van der Waals surface area contributed by atoms with Crippen LogP contribution in [0.15, 0.2) is 29.8 Å². The van der Waals surface area contributed by atoms with Crippen molar-refractivity contribution in [1.82, 2.24) is 0 Å². The Kier molecular flexibility index (Phi) is 3.51. The van der Waals surface area contributed by atoms with E-state index in [2.05, 4.69) is 5.32 Å². The Morgan fingerprint density at radius 2 is 2.21 bits per heavy atom. The molecule has 0 spiro atoms. The number of rotatable bonds is 3. The maximum Gasteiger partial charge on any atom is 0.125 e. The van der Waals surface area contributed by atoms with Crippen molar-refractivity contribution in [2.75, 3.05) is 17.6 Å². The summed E-state index contributed by atoms with van der Waals surface area (Å²) < 4.78 is 12.7. The van der Waals surface area contributed by atoms with Gasteiger partial charge in [0.2, 0.25) is 0 Å². The second kappa shape index (κ2) is 4.65. The van der Waals surface area contributed by atoms with E-state index in [1.54, 1.807) is 6.07 Å². The Bertz CT molecular complexity index is 341. The molecule has 1 rings (SSSR count). The first-order chi connectivity index (χ1) is 6.59. The summed E-state index contributed by atoms with van der Waals surface area (Å²) in [5.74, 6) is -0.310. The molecule has 0 bridgehead atoms. The van der Waals surface area contributed by atoms with E-state index in [-0.39, 0.29) is 5.82 Å². The highest BCUT2D eigenvalue weighted by Gasteiger charge is 1.98. The smallest absolute Gasteiger partial charge is 0.125 e. The number of nitrogens with two attached hydrogens (primary N) is 1. The van der Waals surface area contributed by atoms with Gasteiger partial charge in [-0.15, -0.1) is 0 Å². The Hall–Kier alpha value is -1.51. The number of benzene rings is 1. The third-order valence-electron chi connectivity index (χ3n) is 1.82. The normalized spacial score (nSPS) is 9.64. The standard InChI is InChI=1S/C11H15FN2/c1-8(2)5-6-14-11-4-3-9(12)7-10(11)13/h3-5,7,14H,6,13H2,1-2H3. The van der Waals surface area contributed by atoms with Crippen molar-refractivity contribution in [3.8, 4) is 0 Å². The lowest BCUT2D eigenvalue weighted by atomic mass is 10.2. The van der Waals surface area contributed by atoms with E-state index in [0.29, 0.717) is 12.2 Å². The fourth-order valence-corrected chi connectivity index (χ4v) is 1.06.